The van der Waals surface area contributed by atoms with E-state index in [9.17, 15) is 9.59 Å². The summed E-state index contributed by atoms with van der Waals surface area (Å²) in [5, 5.41) is 12.0. The van der Waals surface area contributed by atoms with Gasteiger partial charge in [-0.05, 0) is 42.5 Å². The SMILES string of the molecule is N#Cc1ccc(NC(=O)C(=O)N2CCN(c3cccc(Cl)c3)CC2)cc1. The van der Waals surface area contributed by atoms with Crippen LogP contribution >= 0.6 is 11.6 Å². The van der Waals surface area contributed by atoms with Crippen LogP contribution in [-0.2, 0) is 9.59 Å². The third kappa shape index (κ3) is 4.13. The van der Waals surface area contributed by atoms with Crippen LogP contribution in [-0.4, -0.2) is 42.9 Å². The lowest BCUT2D eigenvalue weighted by molar-refractivity contribution is -0.143. The normalized spacial score (nSPS) is 13.8. The zero-order valence-electron chi connectivity index (χ0n) is 14.0. The van der Waals surface area contributed by atoms with Crippen LogP contribution in [0.2, 0.25) is 5.02 Å². The van der Waals surface area contributed by atoms with E-state index in [4.69, 9.17) is 16.9 Å². The van der Waals surface area contributed by atoms with Gasteiger partial charge in [0.05, 0.1) is 11.6 Å². The van der Waals surface area contributed by atoms with E-state index in [2.05, 4.69) is 10.2 Å². The summed E-state index contributed by atoms with van der Waals surface area (Å²) in [6, 6.07) is 15.9. The van der Waals surface area contributed by atoms with Gasteiger partial charge in [-0.1, -0.05) is 17.7 Å². The van der Waals surface area contributed by atoms with Crippen molar-refractivity contribution in [2.24, 2.45) is 0 Å². The minimum absolute atomic E-state index is 0.464. The van der Waals surface area contributed by atoms with Crippen molar-refractivity contribution < 1.29 is 9.59 Å². The molecule has 0 atom stereocenters. The van der Waals surface area contributed by atoms with Crippen molar-refractivity contribution in [1.29, 1.82) is 5.26 Å². The zero-order valence-corrected chi connectivity index (χ0v) is 14.7. The second-order valence-corrected chi connectivity index (χ2v) is 6.34. The van der Waals surface area contributed by atoms with Crippen LogP contribution in [0, 0.1) is 11.3 Å². The Hall–Kier alpha value is -3.04. The molecule has 0 saturated carbocycles. The number of anilines is 2. The molecule has 0 radical (unpaired) electrons. The highest BCUT2D eigenvalue weighted by molar-refractivity contribution is 6.39. The summed E-state index contributed by atoms with van der Waals surface area (Å²) in [5.41, 5.74) is 1.98. The Morgan fingerprint density at radius 3 is 2.35 bits per heavy atom. The van der Waals surface area contributed by atoms with E-state index in [-0.39, 0.29) is 0 Å². The van der Waals surface area contributed by atoms with Gasteiger partial charge in [-0.3, -0.25) is 9.59 Å². The molecule has 3 rings (SSSR count). The van der Waals surface area contributed by atoms with Crippen molar-refractivity contribution >= 4 is 34.8 Å². The standard InChI is InChI=1S/C19H17ClN4O2/c20-15-2-1-3-17(12-15)23-8-10-24(11-9-23)19(26)18(25)22-16-6-4-14(13-21)5-7-16/h1-7,12H,8-11H2,(H,22,25). The molecule has 1 fully saturated rings. The number of nitriles is 1. The molecular weight excluding hydrogens is 352 g/mol. The highest BCUT2D eigenvalue weighted by atomic mass is 35.5. The lowest BCUT2D eigenvalue weighted by atomic mass is 10.2. The number of nitrogens with zero attached hydrogens (tertiary/aromatic N) is 3. The van der Waals surface area contributed by atoms with Gasteiger partial charge in [0.1, 0.15) is 0 Å². The lowest BCUT2D eigenvalue weighted by Crippen LogP contribution is -2.51. The largest absolute Gasteiger partial charge is 0.368 e. The van der Waals surface area contributed by atoms with Gasteiger partial charge in [0.2, 0.25) is 0 Å². The molecule has 0 aliphatic carbocycles. The smallest absolute Gasteiger partial charge is 0.313 e. The summed E-state index contributed by atoms with van der Waals surface area (Å²) in [6.45, 7) is 2.20. The van der Waals surface area contributed by atoms with Gasteiger partial charge in [-0.2, -0.15) is 5.26 Å². The van der Waals surface area contributed by atoms with E-state index in [1.54, 1.807) is 29.2 Å². The zero-order chi connectivity index (χ0) is 18.5. The van der Waals surface area contributed by atoms with Crippen LogP contribution in [0.4, 0.5) is 11.4 Å². The summed E-state index contributed by atoms with van der Waals surface area (Å²) in [4.78, 5) is 28.2. The molecule has 132 valence electrons. The maximum atomic E-state index is 12.3. The highest BCUT2D eigenvalue weighted by Crippen LogP contribution is 2.21. The molecule has 1 saturated heterocycles. The van der Waals surface area contributed by atoms with Crippen molar-refractivity contribution in [2.75, 3.05) is 36.4 Å². The highest BCUT2D eigenvalue weighted by Gasteiger charge is 2.26. The second kappa shape index (κ2) is 7.89. The molecule has 1 N–H and O–H groups in total. The predicted octanol–water partition coefficient (Wildman–Crippen LogP) is 2.50. The number of halogens is 1. The Morgan fingerprint density at radius 1 is 1.04 bits per heavy atom. The van der Waals surface area contributed by atoms with E-state index in [1.807, 2.05) is 30.3 Å². The number of hydrogen-bond donors (Lipinski definition) is 1. The molecule has 6 nitrogen and oxygen atoms in total. The number of nitrogens with one attached hydrogen (secondary N) is 1. The molecule has 2 amide bonds. The van der Waals surface area contributed by atoms with E-state index in [0.717, 1.165) is 5.69 Å². The van der Waals surface area contributed by atoms with Crippen molar-refractivity contribution in [3.63, 3.8) is 0 Å². The fraction of sp³-hybridized carbons (Fsp3) is 0.211. The van der Waals surface area contributed by atoms with Crippen molar-refractivity contribution in [1.82, 2.24) is 4.90 Å². The topological polar surface area (TPSA) is 76.4 Å². The number of amides is 2. The molecular formula is C19H17ClN4O2. The van der Waals surface area contributed by atoms with Gasteiger partial charge >= 0.3 is 11.8 Å². The first-order valence-corrected chi connectivity index (χ1v) is 8.55. The minimum atomic E-state index is -0.675. The van der Waals surface area contributed by atoms with E-state index >= 15 is 0 Å². The number of hydrogen-bond acceptors (Lipinski definition) is 4. The van der Waals surface area contributed by atoms with Gasteiger partial charge in [0.15, 0.2) is 0 Å². The number of carbonyl (C=O) groups excluding carboxylic acids is 2. The van der Waals surface area contributed by atoms with Crippen LogP contribution in [0.15, 0.2) is 48.5 Å². The molecule has 0 spiro atoms. The Kier molecular flexibility index (Phi) is 5.40. The molecule has 1 aliphatic rings. The quantitative estimate of drug-likeness (QED) is 0.826. The lowest BCUT2D eigenvalue weighted by Gasteiger charge is -2.35. The van der Waals surface area contributed by atoms with E-state index in [1.165, 1.54) is 0 Å². The average Bonchev–Trinajstić information content (AvgIpc) is 2.68. The molecule has 0 unspecified atom stereocenters. The van der Waals surface area contributed by atoms with Gasteiger partial charge in [-0.15, -0.1) is 0 Å². The van der Waals surface area contributed by atoms with Crippen molar-refractivity contribution in [2.45, 2.75) is 0 Å². The first kappa shape index (κ1) is 17.8. The van der Waals surface area contributed by atoms with E-state index in [0.29, 0.717) is 42.5 Å². The van der Waals surface area contributed by atoms with Crippen molar-refractivity contribution in [3.05, 3.63) is 59.1 Å². The Balaban J connectivity index is 1.55. The number of benzene rings is 2. The van der Waals surface area contributed by atoms with Crippen LogP contribution in [0.5, 0.6) is 0 Å². The van der Waals surface area contributed by atoms with Gasteiger partial charge in [-0.25, -0.2) is 0 Å². The number of piperazine rings is 1. The summed E-state index contributed by atoms with van der Waals surface area (Å²) >= 11 is 6.02. The van der Waals surface area contributed by atoms with Crippen molar-refractivity contribution in [3.8, 4) is 6.07 Å². The maximum Gasteiger partial charge on any atom is 0.313 e. The molecule has 1 aliphatic heterocycles. The fourth-order valence-corrected chi connectivity index (χ4v) is 2.98. The fourth-order valence-electron chi connectivity index (χ4n) is 2.80. The van der Waals surface area contributed by atoms with Crippen LogP contribution in [0.1, 0.15) is 5.56 Å². The van der Waals surface area contributed by atoms with E-state index < -0.39 is 11.8 Å². The van der Waals surface area contributed by atoms with Crippen LogP contribution in [0.25, 0.3) is 0 Å². The summed E-state index contributed by atoms with van der Waals surface area (Å²) in [7, 11) is 0. The average molecular weight is 369 g/mol. The summed E-state index contributed by atoms with van der Waals surface area (Å²) in [5.74, 6) is -1.23. The molecule has 1 heterocycles. The molecule has 2 aromatic carbocycles. The first-order chi connectivity index (χ1) is 12.6. The van der Waals surface area contributed by atoms with Crippen LogP contribution < -0.4 is 10.2 Å². The molecule has 7 heteroatoms. The predicted molar refractivity (Wildman–Crippen MR) is 100 cm³/mol. The molecule has 0 bridgehead atoms. The summed E-state index contributed by atoms with van der Waals surface area (Å²) < 4.78 is 0. The van der Waals surface area contributed by atoms with Gasteiger partial charge in [0, 0.05) is 42.6 Å². The Morgan fingerprint density at radius 2 is 1.73 bits per heavy atom. The molecule has 0 aromatic heterocycles. The first-order valence-electron chi connectivity index (χ1n) is 8.18. The molecule has 26 heavy (non-hydrogen) atoms. The second-order valence-electron chi connectivity index (χ2n) is 5.90. The van der Waals surface area contributed by atoms with Gasteiger partial charge < -0.3 is 15.1 Å². The Labute approximate surface area is 156 Å². The Bertz CT molecular complexity index is 853. The molecule has 2 aromatic rings. The minimum Gasteiger partial charge on any atom is -0.368 e. The number of carbonyl (C=O) groups is 2. The number of rotatable bonds is 2. The maximum absolute atomic E-state index is 12.3. The summed E-state index contributed by atoms with van der Waals surface area (Å²) in [6.07, 6.45) is 0. The van der Waals surface area contributed by atoms with Crippen LogP contribution in [0.3, 0.4) is 0 Å². The van der Waals surface area contributed by atoms with Gasteiger partial charge in [0.25, 0.3) is 0 Å². The third-order valence-electron chi connectivity index (χ3n) is 4.21. The monoisotopic (exact) mass is 368 g/mol. The third-order valence-corrected chi connectivity index (χ3v) is 4.44.